The first-order valence-corrected chi connectivity index (χ1v) is 5.23. The minimum Gasteiger partial charge on any atom is -0.477 e. The van der Waals surface area contributed by atoms with Gasteiger partial charge in [0.1, 0.15) is 6.10 Å². The number of rotatable bonds is 4. The van der Waals surface area contributed by atoms with Gasteiger partial charge in [0.15, 0.2) is 11.5 Å². The molecule has 1 saturated carbocycles. The molecule has 5 heteroatoms. The highest BCUT2D eigenvalue weighted by molar-refractivity contribution is 5.86. The van der Waals surface area contributed by atoms with Gasteiger partial charge >= 0.3 is 5.97 Å². The van der Waals surface area contributed by atoms with Crippen LogP contribution in [0.15, 0.2) is 6.20 Å². The van der Waals surface area contributed by atoms with Gasteiger partial charge in [0.2, 0.25) is 0 Å². The molecule has 0 aliphatic heterocycles. The maximum Gasteiger partial charge on any atom is 0.354 e. The van der Waals surface area contributed by atoms with Crippen LogP contribution in [0.25, 0.3) is 0 Å². The smallest absolute Gasteiger partial charge is 0.354 e. The third-order valence-electron chi connectivity index (χ3n) is 2.75. The summed E-state index contributed by atoms with van der Waals surface area (Å²) >= 11 is 0. The number of carbonyl (C=O) groups is 1. The molecule has 1 N–H and O–H groups in total. The van der Waals surface area contributed by atoms with Gasteiger partial charge in [-0.05, 0) is 25.7 Å². The van der Waals surface area contributed by atoms with E-state index in [1.54, 1.807) is 20.2 Å². The zero-order chi connectivity index (χ0) is 11.7. The zero-order valence-electron chi connectivity index (χ0n) is 9.30. The quantitative estimate of drug-likeness (QED) is 0.837. The molecule has 0 saturated heterocycles. The summed E-state index contributed by atoms with van der Waals surface area (Å²) in [6.45, 7) is 1.69. The molecule has 0 aromatic carbocycles. The Hall–Kier alpha value is -1.49. The molecule has 5 nitrogen and oxygen atoms in total. The number of carboxylic acids is 1. The monoisotopic (exact) mass is 222 g/mol. The van der Waals surface area contributed by atoms with E-state index in [0.717, 1.165) is 12.8 Å². The van der Waals surface area contributed by atoms with Gasteiger partial charge in [0, 0.05) is 18.9 Å². The Kier molecular flexibility index (Phi) is 2.87. The second-order valence-corrected chi connectivity index (χ2v) is 4.06. The lowest BCUT2D eigenvalue weighted by molar-refractivity contribution is 0.0673. The average Bonchev–Trinajstić information content (AvgIpc) is 3.05. The molecule has 1 aromatic heterocycles. The van der Waals surface area contributed by atoms with Crippen molar-refractivity contribution in [1.82, 2.24) is 9.97 Å². The average molecular weight is 222 g/mol. The summed E-state index contributed by atoms with van der Waals surface area (Å²) in [5.41, 5.74) is 0.634. The first-order chi connectivity index (χ1) is 7.63. The molecular weight excluding hydrogens is 208 g/mol. The molecule has 1 heterocycles. The Bertz CT molecular complexity index is 416. The summed E-state index contributed by atoms with van der Waals surface area (Å²) in [5.74, 6) is -0.103. The van der Waals surface area contributed by atoms with Crippen molar-refractivity contribution < 1.29 is 14.6 Å². The van der Waals surface area contributed by atoms with E-state index in [2.05, 4.69) is 9.97 Å². The lowest BCUT2D eigenvalue weighted by Gasteiger charge is -2.13. The van der Waals surface area contributed by atoms with Crippen molar-refractivity contribution in [2.45, 2.75) is 25.9 Å². The minimum absolute atomic E-state index is 0.0627. The Balaban J connectivity index is 2.33. The highest BCUT2D eigenvalue weighted by Crippen LogP contribution is 2.41. The van der Waals surface area contributed by atoms with Crippen molar-refractivity contribution in [1.29, 1.82) is 0 Å². The number of hydrogen-bond donors (Lipinski definition) is 1. The van der Waals surface area contributed by atoms with Crippen LogP contribution in [-0.2, 0) is 4.74 Å². The third-order valence-corrected chi connectivity index (χ3v) is 2.75. The summed E-state index contributed by atoms with van der Waals surface area (Å²) in [6.07, 6.45) is 3.56. The van der Waals surface area contributed by atoms with Gasteiger partial charge in [-0.2, -0.15) is 0 Å². The van der Waals surface area contributed by atoms with Gasteiger partial charge in [-0.25, -0.2) is 14.8 Å². The molecular formula is C11H14N2O3. The fraction of sp³-hybridized carbons (Fsp3) is 0.545. The van der Waals surface area contributed by atoms with Gasteiger partial charge in [-0.3, -0.25) is 0 Å². The van der Waals surface area contributed by atoms with E-state index in [9.17, 15) is 4.79 Å². The molecule has 1 unspecified atom stereocenters. The first-order valence-electron chi connectivity index (χ1n) is 5.23. The molecule has 1 fully saturated rings. The Labute approximate surface area is 93.5 Å². The molecule has 2 rings (SSSR count). The summed E-state index contributed by atoms with van der Waals surface area (Å²) in [4.78, 5) is 19.2. The normalized spacial score (nSPS) is 17.1. The van der Waals surface area contributed by atoms with Crippen molar-refractivity contribution in [3.05, 3.63) is 23.3 Å². The van der Waals surface area contributed by atoms with Crippen molar-refractivity contribution >= 4 is 5.97 Å². The van der Waals surface area contributed by atoms with Crippen LogP contribution in [0.4, 0.5) is 0 Å². The van der Waals surface area contributed by atoms with Crippen LogP contribution in [-0.4, -0.2) is 28.2 Å². The van der Waals surface area contributed by atoms with Crippen LogP contribution < -0.4 is 0 Å². The van der Waals surface area contributed by atoms with Crippen molar-refractivity contribution in [3.8, 4) is 0 Å². The molecule has 86 valence electrons. The van der Waals surface area contributed by atoms with Gasteiger partial charge in [-0.15, -0.1) is 0 Å². The fourth-order valence-corrected chi connectivity index (χ4v) is 1.72. The van der Waals surface area contributed by atoms with Crippen molar-refractivity contribution in [3.63, 3.8) is 0 Å². The maximum atomic E-state index is 10.9. The molecule has 0 spiro atoms. The van der Waals surface area contributed by atoms with E-state index in [1.807, 2.05) is 0 Å². The molecule has 0 radical (unpaired) electrons. The van der Waals surface area contributed by atoms with Gasteiger partial charge in [-0.1, -0.05) is 0 Å². The van der Waals surface area contributed by atoms with Gasteiger partial charge in [0.05, 0.1) is 0 Å². The first kappa shape index (κ1) is 11.0. The SMILES string of the molecule is COC(c1ncc(C)c(C(=O)O)n1)C1CC1. The fourth-order valence-electron chi connectivity index (χ4n) is 1.72. The topological polar surface area (TPSA) is 72.3 Å². The number of hydrogen-bond acceptors (Lipinski definition) is 4. The van der Waals surface area contributed by atoms with E-state index in [-0.39, 0.29) is 11.8 Å². The molecule has 1 aromatic rings. The van der Waals surface area contributed by atoms with Crippen molar-refractivity contribution in [2.24, 2.45) is 5.92 Å². The van der Waals surface area contributed by atoms with E-state index < -0.39 is 5.97 Å². The molecule has 1 aliphatic carbocycles. The lowest BCUT2D eigenvalue weighted by atomic mass is 10.2. The van der Waals surface area contributed by atoms with E-state index in [4.69, 9.17) is 9.84 Å². The van der Waals surface area contributed by atoms with Crippen molar-refractivity contribution in [2.75, 3.05) is 7.11 Å². The maximum absolute atomic E-state index is 10.9. The highest BCUT2D eigenvalue weighted by Gasteiger charge is 2.34. The van der Waals surface area contributed by atoms with Crippen LogP contribution in [0.5, 0.6) is 0 Å². The van der Waals surface area contributed by atoms with Gasteiger partial charge < -0.3 is 9.84 Å². The number of carboxylic acid groups (broad SMARTS) is 1. The predicted molar refractivity (Wildman–Crippen MR) is 56.2 cm³/mol. The summed E-state index contributed by atoms with van der Waals surface area (Å²) in [6, 6.07) is 0. The molecule has 0 amide bonds. The molecule has 1 atom stereocenters. The van der Waals surface area contributed by atoms with Crippen LogP contribution in [0.2, 0.25) is 0 Å². The Morgan fingerprint density at radius 2 is 2.31 bits per heavy atom. The highest BCUT2D eigenvalue weighted by atomic mass is 16.5. The standard InChI is InChI=1S/C11H14N2O3/c1-6-5-12-10(13-8(6)11(14)15)9(16-2)7-3-4-7/h5,7,9H,3-4H2,1-2H3,(H,14,15). The van der Waals surface area contributed by atoms with Crippen LogP contribution in [0.1, 0.15) is 40.8 Å². The molecule has 1 aliphatic rings. The minimum atomic E-state index is -1.02. The van der Waals surface area contributed by atoms with Crippen LogP contribution in [0, 0.1) is 12.8 Å². The second-order valence-electron chi connectivity index (χ2n) is 4.06. The van der Waals surface area contributed by atoms with E-state index in [1.165, 1.54) is 0 Å². The Morgan fingerprint density at radius 1 is 1.62 bits per heavy atom. The number of aromatic carboxylic acids is 1. The largest absolute Gasteiger partial charge is 0.477 e. The van der Waals surface area contributed by atoms with E-state index >= 15 is 0 Å². The predicted octanol–water partition coefficient (Wildman–Crippen LogP) is 1.58. The summed E-state index contributed by atoms with van der Waals surface area (Å²) < 4.78 is 5.32. The van der Waals surface area contributed by atoms with Crippen LogP contribution >= 0.6 is 0 Å². The third kappa shape index (κ3) is 2.04. The second kappa shape index (κ2) is 4.17. The van der Waals surface area contributed by atoms with E-state index in [0.29, 0.717) is 17.3 Å². The van der Waals surface area contributed by atoms with Gasteiger partial charge in [0.25, 0.3) is 0 Å². The summed E-state index contributed by atoms with van der Waals surface area (Å²) in [5, 5.41) is 8.97. The van der Waals surface area contributed by atoms with Crippen LogP contribution in [0.3, 0.4) is 0 Å². The number of nitrogens with zero attached hydrogens (tertiary/aromatic N) is 2. The number of aryl methyl sites for hydroxylation is 1. The summed E-state index contributed by atoms with van der Waals surface area (Å²) in [7, 11) is 1.60. The Morgan fingerprint density at radius 3 is 2.81 bits per heavy atom. The molecule has 0 bridgehead atoms. The number of aromatic nitrogens is 2. The number of ether oxygens (including phenoxy) is 1. The molecule has 16 heavy (non-hydrogen) atoms. The lowest BCUT2D eigenvalue weighted by Crippen LogP contribution is -2.13. The number of methoxy groups -OCH3 is 1. The zero-order valence-corrected chi connectivity index (χ0v) is 9.30.